The quantitative estimate of drug-likeness (QED) is 0.161. The lowest BCUT2D eigenvalue weighted by molar-refractivity contribution is 0.907. The Kier molecular flexibility index (Phi) is 7.38. The van der Waals surface area contributed by atoms with Crippen LogP contribution < -0.4 is 4.90 Å². The number of benzene rings is 8. The summed E-state index contributed by atoms with van der Waals surface area (Å²) >= 11 is 1.89. The smallest absolute Gasteiger partial charge is 0.0640 e. The molecule has 11 rings (SSSR count). The highest BCUT2D eigenvalue weighted by atomic mass is 32.1. The van der Waals surface area contributed by atoms with Gasteiger partial charge in [-0.3, -0.25) is 0 Å². The highest BCUT2D eigenvalue weighted by molar-refractivity contribution is 7.26. The van der Waals surface area contributed by atoms with Crippen molar-refractivity contribution in [3.8, 4) is 22.3 Å². The molecule has 1 aromatic heterocycles. The summed E-state index contributed by atoms with van der Waals surface area (Å²) in [5.41, 5.74) is 14.6. The van der Waals surface area contributed by atoms with E-state index in [2.05, 4.69) is 181 Å². The normalized spacial score (nSPS) is 13.5. The number of fused-ring (bicyclic) bond motifs is 9. The molecule has 1 nitrogen and oxygen atoms in total. The molecule has 0 amide bonds. The van der Waals surface area contributed by atoms with Gasteiger partial charge in [0.25, 0.3) is 0 Å². The number of thiophene rings is 1. The van der Waals surface area contributed by atoms with E-state index in [1.54, 1.807) is 0 Å². The zero-order valence-electron chi connectivity index (χ0n) is 29.9. The summed E-state index contributed by atoms with van der Waals surface area (Å²) in [5, 5.41) is 7.63. The maximum Gasteiger partial charge on any atom is 0.0640 e. The van der Waals surface area contributed by atoms with Crippen LogP contribution in [0.15, 0.2) is 164 Å². The molecule has 0 bridgehead atoms. The Morgan fingerprint density at radius 2 is 1.06 bits per heavy atom. The Bertz CT molecular complexity index is 3000. The summed E-state index contributed by atoms with van der Waals surface area (Å²) in [6, 6.07) is 56.3. The van der Waals surface area contributed by atoms with Crippen molar-refractivity contribution in [1.82, 2.24) is 0 Å². The Labute approximate surface area is 319 Å². The molecule has 0 radical (unpaired) electrons. The molecule has 2 aliphatic carbocycles. The van der Waals surface area contributed by atoms with Gasteiger partial charge in [-0.25, -0.2) is 0 Å². The third-order valence-electron chi connectivity index (χ3n) is 11.6. The monoisotopic (exact) mass is 707 g/mol. The lowest BCUT2D eigenvalue weighted by Crippen LogP contribution is -2.12. The number of hydrogen-bond donors (Lipinski definition) is 0. The second-order valence-electron chi connectivity index (χ2n) is 14.6. The molecule has 0 saturated heterocycles. The third kappa shape index (κ3) is 4.91. The van der Waals surface area contributed by atoms with E-state index in [1.807, 2.05) is 11.3 Å². The zero-order valence-corrected chi connectivity index (χ0v) is 30.7. The van der Waals surface area contributed by atoms with Crippen LogP contribution in [0, 0.1) is 0 Å². The molecule has 2 aliphatic rings. The van der Waals surface area contributed by atoms with E-state index < -0.39 is 0 Å². The van der Waals surface area contributed by atoms with Crippen molar-refractivity contribution in [1.29, 1.82) is 0 Å². The summed E-state index contributed by atoms with van der Waals surface area (Å²) in [6.45, 7) is 0. The predicted octanol–water partition coefficient (Wildman–Crippen LogP) is 15.1. The number of hydrogen-bond acceptors (Lipinski definition) is 2. The van der Waals surface area contributed by atoms with Gasteiger partial charge in [0.1, 0.15) is 0 Å². The number of anilines is 3. The van der Waals surface area contributed by atoms with Gasteiger partial charge >= 0.3 is 0 Å². The van der Waals surface area contributed by atoms with Crippen LogP contribution in [0.3, 0.4) is 0 Å². The van der Waals surface area contributed by atoms with Crippen molar-refractivity contribution in [2.75, 3.05) is 4.90 Å². The molecule has 0 spiro atoms. The van der Waals surface area contributed by atoms with E-state index in [4.69, 9.17) is 0 Å². The van der Waals surface area contributed by atoms with Crippen LogP contribution in [0.1, 0.15) is 35.1 Å². The minimum Gasteiger partial charge on any atom is -0.308 e. The van der Waals surface area contributed by atoms with Gasteiger partial charge in [-0.1, -0.05) is 146 Å². The Hall–Kier alpha value is -6.22. The Morgan fingerprint density at radius 1 is 0.444 bits per heavy atom. The average molecular weight is 708 g/mol. The Morgan fingerprint density at radius 3 is 1.85 bits per heavy atom. The van der Waals surface area contributed by atoms with Gasteiger partial charge in [-0.05, 0) is 117 Å². The largest absolute Gasteiger partial charge is 0.308 e. The predicted molar refractivity (Wildman–Crippen MR) is 235 cm³/mol. The van der Waals surface area contributed by atoms with Crippen LogP contribution in [0.5, 0.6) is 0 Å². The van der Waals surface area contributed by atoms with Gasteiger partial charge in [0.05, 0.1) is 16.1 Å². The molecule has 8 aromatic carbocycles. The van der Waals surface area contributed by atoms with Crippen molar-refractivity contribution in [3.63, 3.8) is 0 Å². The summed E-state index contributed by atoms with van der Waals surface area (Å²) in [4.78, 5) is 2.54. The first-order valence-electron chi connectivity index (χ1n) is 19.1. The molecule has 0 atom stereocenters. The zero-order chi connectivity index (χ0) is 35.6. The van der Waals surface area contributed by atoms with Crippen molar-refractivity contribution in [2.24, 2.45) is 0 Å². The maximum atomic E-state index is 2.54. The maximum absolute atomic E-state index is 2.54. The summed E-state index contributed by atoms with van der Waals surface area (Å²) < 4.78 is 2.61. The fourth-order valence-electron chi connectivity index (χ4n) is 9.23. The van der Waals surface area contributed by atoms with Gasteiger partial charge in [0.15, 0.2) is 0 Å². The summed E-state index contributed by atoms with van der Waals surface area (Å²) in [7, 11) is 0. The standard InChI is InChI=1S/C52H37NS/c1-2-16-34(17-3-1)50-44-27-10-7-23-40(44)41-24-8-11-28-45(41)51(50)36-19-14-20-37(32-36)53(47-30-15-29-46-43-26-12-13-31-49(43)54-52(46)47)48-33-35-18-4-5-21-38(35)39-22-6-9-25-42(39)48/h1-6,9-22,25-33H,7-8,23-24H2. The van der Waals surface area contributed by atoms with Crippen molar-refractivity contribution >= 4 is 82.3 Å². The second kappa shape index (κ2) is 12.7. The highest BCUT2D eigenvalue weighted by Crippen LogP contribution is 2.50. The van der Waals surface area contributed by atoms with Crippen LogP contribution in [0.25, 0.3) is 76.1 Å². The molecule has 0 aliphatic heterocycles. The van der Waals surface area contributed by atoms with Gasteiger partial charge in [0.2, 0.25) is 0 Å². The van der Waals surface area contributed by atoms with Gasteiger partial charge in [-0.2, -0.15) is 0 Å². The first kappa shape index (κ1) is 31.3. The number of allylic oxidation sites excluding steroid dienone is 2. The molecule has 1 heterocycles. The van der Waals surface area contributed by atoms with Gasteiger partial charge in [-0.15, -0.1) is 11.3 Å². The van der Waals surface area contributed by atoms with E-state index in [0.29, 0.717) is 0 Å². The third-order valence-corrected chi connectivity index (χ3v) is 12.8. The van der Waals surface area contributed by atoms with Gasteiger partial charge < -0.3 is 4.90 Å². The molecule has 0 unspecified atom stereocenters. The van der Waals surface area contributed by atoms with E-state index >= 15 is 0 Å². The fraction of sp³-hybridized carbons (Fsp3) is 0.0769. The molecule has 0 fully saturated rings. The lowest BCUT2D eigenvalue weighted by Gasteiger charge is -2.30. The molecule has 2 heteroatoms. The Balaban J connectivity index is 1.23. The first-order chi connectivity index (χ1) is 26.8. The number of nitrogens with zero attached hydrogens (tertiary/aromatic N) is 1. The molecule has 256 valence electrons. The van der Waals surface area contributed by atoms with E-state index in [-0.39, 0.29) is 0 Å². The molecule has 54 heavy (non-hydrogen) atoms. The molecular weight excluding hydrogens is 671 g/mol. The lowest BCUT2D eigenvalue weighted by atomic mass is 9.76. The average Bonchev–Trinajstić information content (AvgIpc) is 3.63. The van der Waals surface area contributed by atoms with E-state index in [0.717, 1.165) is 31.4 Å². The topological polar surface area (TPSA) is 3.24 Å². The van der Waals surface area contributed by atoms with Crippen molar-refractivity contribution < 1.29 is 0 Å². The van der Waals surface area contributed by atoms with Crippen molar-refractivity contribution in [3.05, 3.63) is 186 Å². The number of rotatable bonds is 5. The molecular formula is C52H37NS. The fourth-order valence-corrected chi connectivity index (χ4v) is 10.4. The first-order valence-corrected chi connectivity index (χ1v) is 19.9. The SMILES string of the molecule is C1=Cc2c(c3c(c(-c4cccc(N(c5cc6ccccc6c6ccccc56)c5cccc6c5sc5ccccc56)c4)c2-c2ccccc2)C=CCC3)CC1. The summed E-state index contributed by atoms with van der Waals surface area (Å²) in [6.07, 6.45) is 14.0. The molecule has 9 aromatic rings. The second-order valence-corrected chi connectivity index (χ2v) is 15.6. The van der Waals surface area contributed by atoms with E-state index in [9.17, 15) is 0 Å². The van der Waals surface area contributed by atoms with E-state index in [1.165, 1.54) is 97.6 Å². The minimum atomic E-state index is 1.09. The van der Waals surface area contributed by atoms with Crippen molar-refractivity contribution in [2.45, 2.75) is 25.7 Å². The van der Waals surface area contributed by atoms with Crippen LogP contribution >= 0.6 is 11.3 Å². The van der Waals surface area contributed by atoms with Crippen LogP contribution in [0.4, 0.5) is 17.1 Å². The van der Waals surface area contributed by atoms with Gasteiger partial charge in [0, 0.05) is 26.5 Å². The minimum absolute atomic E-state index is 1.09. The molecule has 0 saturated carbocycles. The van der Waals surface area contributed by atoms with Crippen LogP contribution in [0.2, 0.25) is 0 Å². The highest BCUT2D eigenvalue weighted by Gasteiger charge is 2.27. The van der Waals surface area contributed by atoms with Crippen LogP contribution in [-0.2, 0) is 12.8 Å². The molecule has 0 N–H and O–H groups in total. The van der Waals surface area contributed by atoms with Crippen LogP contribution in [-0.4, -0.2) is 0 Å². The summed E-state index contributed by atoms with van der Waals surface area (Å²) in [5.74, 6) is 0.